The van der Waals surface area contributed by atoms with Crippen molar-refractivity contribution in [3.8, 4) is 11.5 Å². The summed E-state index contributed by atoms with van der Waals surface area (Å²) in [4.78, 5) is 2.48. The summed E-state index contributed by atoms with van der Waals surface area (Å²) in [5.41, 5.74) is 1.29. The molecule has 1 saturated heterocycles. The highest BCUT2D eigenvalue weighted by molar-refractivity contribution is 5.44. The Bertz CT molecular complexity index is 503. The minimum absolute atomic E-state index is 0.195. The van der Waals surface area contributed by atoms with E-state index in [1.165, 1.54) is 12.0 Å². The van der Waals surface area contributed by atoms with Gasteiger partial charge in [-0.15, -0.1) is 0 Å². The van der Waals surface area contributed by atoms with Crippen LogP contribution in [0.4, 0.5) is 0 Å². The molecular weight excluding hydrogens is 290 g/mol. The van der Waals surface area contributed by atoms with Gasteiger partial charge >= 0.3 is 0 Å². The molecule has 0 bridgehead atoms. The first kappa shape index (κ1) is 16.6. The van der Waals surface area contributed by atoms with Gasteiger partial charge in [-0.2, -0.15) is 0 Å². The zero-order valence-electron chi connectivity index (χ0n) is 14.4. The highest BCUT2D eigenvalue weighted by Gasteiger charge is 2.22. The summed E-state index contributed by atoms with van der Waals surface area (Å²) in [6.45, 7) is 8.90. The van der Waals surface area contributed by atoms with E-state index in [1.807, 2.05) is 0 Å². The molecule has 3 rings (SSSR count). The fraction of sp³-hybridized carbons (Fsp3) is 0.684. The number of ether oxygens (including phenoxy) is 3. The van der Waals surface area contributed by atoms with Crippen LogP contribution in [0.3, 0.4) is 0 Å². The summed E-state index contributed by atoms with van der Waals surface area (Å²) < 4.78 is 17.7. The first-order chi connectivity index (χ1) is 11.3. The normalized spacial score (nSPS) is 24.6. The predicted octanol–water partition coefficient (Wildman–Crippen LogP) is 3.63. The summed E-state index contributed by atoms with van der Waals surface area (Å²) in [7, 11) is 0. The lowest BCUT2D eigenvalue weighted by atomic mass is 10.1. The number of hydrogen-bond donors (Lipinski definition) is 0. The molecule has 4 nitrogen and oxygen atoms in total. The molecule has 2 aliphatic heterocycles. The first-order valence-electron chi connectivity index (χ1n) is 9.04. The molecule has 0 saturated carbocycles. The average molecular weight is 319 g/mol. The van der Waals surface area contributed by atoms with Crippen molar-refractivity contribution in [2.45, 2.75) is 58.3 Å². The van der Waals surface area contributed by atoms with Crippen molar-refractivity contribution >= 4 is 0 Å². The third kappa shape index (κ3) is 4.39. The van der Waals surface area contributed by atoms with E-state index in [4.69, 9.17) is 14.2 Å². The maximum absolute atomic E-state index is 6.09. The molecule has 2 unspecified atom stereocenters. The van der Waals surface area contributed by atoms with Crippen LogP contribution in [0.25, 0.3) is 0 Å². The number of fused-ring (bicyclic) bond motifs is 1. The highest BCUT2D eigenvalue weighted by Crippen LogP contribution is 2.34. The lowest BCUT2D eigenvalue weighted by Gasteiger charge is -2.33. The van der Waals surface area contributed by atoms with Crippen LogP contribution in [0, 0.1) is 0 Å². The minimum atomic E-state index is 0.195. The maximum atomic E-state index is 6.09. The third-order valence-electron chi connectivity index (χ3n) is 4.58. The Balaban J connectivity index is 1.61. The van der Waals surface area contributed by atoms with Crippen LogP contribution in [0.2, 0.25) is 0 Å². The second-order valence-electron chi connectivity index (χ2n) is 6.64. The minimum Gasteiger partial charge on any atom is -0.486 e. The van der Waals surface area contributed by atoms with Crippen molar-refractivity contribution in [3.63, 3.8) is 0 Å². The van der Waals surface area contributed by atoms with Crippen LogP contribution in [0.5, 0.6) is 11.5 Å². The zero-order valence-corrected chi connectivity index (χ0v) is 14.4. The molecule has 1 aromatic rings. The summed E-state index contributed by atoms with van der Waals surface area (Å²) in [5.74, 6) is 1.79. The molecule has 0 amide bonds. The Kier molecular flexibility index (Phi) is 5.79. The number of nitrogens with zero attached hydrogens (tertiary/aromatic N) is 1. The second kappa shape index (κ2) is 8.02. The number of rotatable bonds is 6. The van der Waals surface area contributed by atoms with Gasteiger partial charge in [0.05, 0.1) is 12.7 Å². The number of morpholine rings is 1. The largest absolute Gasteiger partial charge is 0.486 e. The van der Waals surface area contributed by atoms with Gasteiger partial charge in [-0.3, -0.25) is 4.90 Å². The smallest absolute Gasteiger partial charge is 0.162 e. The Labute approximate surface area is 139 Å². The molecule has 0 spiro atoms. The van der Waals surface area contributed by atoms with E-state index in [2.05, 4.69) is 36.9 Å². The van der Waals surface area contributed by atoms with Crippen LogP contribution < -0.4 is 9.47 Å². The van der Waals surface area contributed by atoms with E-state index in [-0.39, 0.29) is 6.10 Å². The molecular formula is C19H29NO3. The number of benzene rings is 1. The lowest BCUT2D eigenvalue weighted by molar-refractivity contribution is -0.0350. The second-order valence-corrected chi connectivity index (χ2v) is 6.64. The first-order valence-corrected chi connectivity index (χ1v) is 9.04. The maximum Gasteiger partial charge on any atom is 0.162 e. The van der Waals surface area contributed by atoms with Gasteiger partial charge in [-0.05, 0) is 30.5 Å². The number of hydrogen-bond acceptors (Lipinski definition) is 4. The monoisotopic (exact) mass is 319 g/mol. The van der Waals surface area contributed by atoms with Crippen molar-refractivity contribution in [2.75, 3.05) is 26.3 Å². The van der Waals surface area contributed by atoms with Crippen molar-refractivity contribution in [2.24, 2.45) is 0 Å². The van der Waals surface area contributed by atoms with E-state index < -0.39 is 0 Å². The van der Waals surface area contributed by atoms with Gasteiger partial charge in [0.15, 0.2) is 11.5 Å². The summed E-state index contributed by atoms with van der Waals surface area (Å²) in [6.07, 6.45) is 5.08. The molecule has 128 valence electrons. The summed E-state index contributed by atoms with van der Waals surface area (Å²) >= 11 is 0. The highest BCUT2D eigenvalue weighted by atomic mass is 16.6. The SMILES string of the molecule is CCCC1CN(Cc2ccc3c(c2)OC(CCC)CO3)CCO1. The van der Waals surface area contributed by atoms with E-state index >= 15 is 0 Å². The molecule has 23 heavy (non-hydrogen) atoms. The van der Waals surface area contributed by atoms with Crippen molar-refractivity contribution in [3.05, 3.63) is 23.8 Å². The van der Waals surface area contributed by atoms with Crippen LogP contribution in [0.1, 0.15) is 45.1 Å². The molecule has 1 fully saturated rings. The Morgan fingerprint density at radius 2 is 1.91 bits per heavy atom. The van der Waals surface area contributed by atoms with Gasteiger partial charge in [-0.1, -0.05) is 32.8 Å². The fourth-order valence-electron chi connectivity index (χ4n) is 3.40. The zero-order chi connectivity index (χ0) is 16.1. The Hall–Kier alpha value is -1.26. The molecule has 4 heteroatoms. The topological polar surface area (TPSA) is 30.9 Å². The summed E-state index contributed by atoms with van der Waals surface area (Å²) in [5, 5.41) is 0. The van der Waals surface area contributed by atoms with E-state index in [9.17, 15) is 0 Å². The van der Waals surface area contributed by atoms with Gasteiger partial charge in [0.1, 0.15) is 12.7 Å². The standard InChI is InChI=1S/C19H29NO3/c1-3-5-16-13-20(9-10-21-16)12-15-7-8-18-19(11-15)23-17(6-4-2)14-22-18/h7-8,11,16-17H,3-6,9-10,12-14H2,1-2H3. The third-order valence-corrected chi connectivity index (χ3v) is 4.58. The molecule has 0 aromatic heterocycles. The van der Waals surface area contributed by atoms with Gasteiger partial charge in [0.2, 0.25) is 0 Å². The van der Waals surface area contributed by atoms with Crippen LogP contribution in [-0.4, -0.2) is 43.4 Å². The van der Waals surface area contributed by atoms with Gasteiger partial charge in [-0.25, -0.2) is 0 Å². The van der Waals surface area contributed by atoms with E-state index in [0.29, 0.717) is 12.7 Å². The molecule has 2 heterocycles. The molecule has 0 N–H and O–H groups in total. The predicted molar refractivity (Wildman–Crippen MR) is 91.2 cm³/mol. The van der Waals surface area contributed by atoms with Gasteiger partial charge < -0.3 is 14.2 Å². The lowest BCUT2D eigenvalue weighted by Crippen LogP contribution is -2.41. The molecule has 0 aliphatic carbocycles. The quantitative estimate of drug-likeness (QED) is 0.801. The van der Waals surface area contributed by atoms with Crippen molar-refractivity contribution < 1.29 is 14.2 Å². The molecule has 1 aromatic carbocycles. The molecule has 0 radical (unpaired) electrons. The van der Waals surface area contributed by atoms with Crippen LogP contribution in [-0.2, 0) is 11.3 Å². The summed E-state index contributed by atoms with van der Waals surface area (Å²) in [6, 6.07) is 6.37. The van der Waals surface area contributed by atoms with Gasteiger partial charge in [0, 0.05) is 19.6 Å². The molecule has 2 aliphatic rings. The van der Waals surface area contributed by atoms with Gasteiger partial charge in [0.25, 0.3) is 0 Å². The van der Waals surface area contributed by atoms with Crippen LogP contribution in [0.15, 0.2) is 18.2 Å². The van der Waals surface area contributed by atoms with Crippen LogP contribution >= 0.6 is 0 Å². The Morgan fingerprint density at radius 1 is 1.09 bits per heavy atom. The van der Waals surface area contributed by atoms with E-state index in [0.717, 1.165) is 57.0 Å². The fourth-order valence-corrected chi connectivity index (χ4v) is 3.40. The van der Waals surface area contributed by atoms with E-state index in [1.54, 1.807) is 0 Å². The van der Waals surface area contributed by atoms with Crippen molar-refractivity contribution in [1.82, 2.24) is 4.90 Å². The molecule has 2 atom stereocenters. The van der Waals surface area contributed by atoms with Crippen molar-refractivity contribution in [1.29, 1.82) is 0 Å². The Morgan fingerprint density at radius 3 is 2.74 bits per heavy atom. The average Bonchev–Trinajstić information content (AvgIpc) is 2.55.